The van der Waals surface area contributed by atoms with Gasteiger partial charge in [-0.05, 0) is 26.0 Å². The Bertz CT molecular complexity index is 477. The molecule has 0 aliphatic heterocycles. The summed E-state index contributed by atoms with van der Waals surface area (Å²) in [5.74, 6) is 0.624. The summed E-state index contributed by atoms with van der Waals surface area (Å²) in [5.41, 5.74) is 6.13. The van der Waals surface area contributed by atoms with E-state index in [4.69, 9.17) is 22.7 Å². The van der Waals surface area contributed by atoms with E-state index in [1.54, 1.807) is 24.1 Å². The largest absolute Gasteiger partial charge is 0.495 e. The molecule has 0 unspecified atom stereocenters. The number of methoxy groups -OCH3 is 1. The molecule has 0 spiro atoms. The van der Waals surface area contributed by atoms with E-state index in [1.165, 1.54) is 0 Å². The quantitative estimate of drug-likeness (QED) is 0.792. The van der Waals surface area contributed by atoms with Crippen molar-refractivity contribution in [3.05, 3.63) is 24.3 Å². The van der Waals surface area contributed by atoms with Crippen LogP contribution >= 0.6 is 12.2 Å². The van der Waals surface area contributed by atoms with Crippen LogP contribution in [0.4, 0.5) is 10.5 Å². The fourth-order valence-electron chi connectivity index (χ4n) is 1.76. The molecule has 0 heterocycles. The minimum absolute atomic E-state index is 0.0547. The second-order valence-corrected chi connectivity index (χ2v) is 5.16. The van der Waals surface area contributed by atoms with Crippen molar-refractivity contribution in [1.82, 2.24) is 4.90 Å². The Labute approximate surface area is 125 Å². The van der Waals surface area contributed by atoms with Crippen molar-refractivity contribution in [1.29, 1.82) is 0 Å². The third-order valence-corrected chi connectivity index (χ3v) is 3.04. The van der Waals surface area contributed by atoms with Crippen LogP contribution in [0.25, 0.3) is 0 Å². The fraction of sp³-hybridized carbons (Fsp3) is 0.429. The van der Waals surface area contributed by atoms with Crippen LogP contribution in [0.5, 0.6) is 5.75 Å². The molecule has 1 aromatic rings. The molecule has 0 aliphatic rings. The van der Waals surface area contributed by atoms with E-state index in [1.807, 2.05) is 26.0 Å². The SMILES string of the molecule is COc1ccccc1NC(=O)N(CCC(N)=S)C(C)C. The molecule has 0 radical (unpaired) electrons. The van der Waals surface area contributed by atoms with Gasteiger partial charge in [0.1, 0.15) is 5.75 Å². The highest BCUT2D eigenvalue weighted by Crippen LogP contribution is 2.23. The Hall–Kier alpha value is -1.82. The predicted molar refractivity (Wildman–Crippen MR) is 85.3 cm³/mol. The molecule has 110 valence electrons. The number of anilines is 1. The summed E-state index contributed by atoms with van der Waals surface area (Å²) in [6.45, 7) is 4.39. The zero-order valence-electron chi connectivity index (χ0n) is 12.1. The number of carbonyl (C=O) groups is 1. The van der Waals surface area contributed by atoms with Crippen molar-refractivity contribution in [2.45, 2.75) is 26.3 Å². The van der Waals surface area contributed by atoms with Crippen LogP contribution in [0.3, 0.4) is 0 Å². The van der Waals surface area contributed by atoms with E-state index in [9.17, 15) is 4.79 Å². The number of thiocarbonyl (C=S) groups is 1. The molecular formula is C14H21N3O2S. The highest BCUT2D eigenvalue weighted by Gasteiger charge is 2.18. The van der Waals surface area contributed by atoms with Gasteiger partial charge in [0, 0.05) is 19.0 Å². The number of amides is 2. The van der Waals surface area contributed by atoms with Gasteiger partial charge < -0.3 is 20.7 Å². The van der Waals surface area contributed by atoms with Gasteiger partial charge in [0.05, 0.1) is 17.8 Å². The highest BCUT2D eigenvalue weighted by molar-refractivity contribution is 7.80. The van der Waals surface area contributed by atoms with Gasteiger partial charge in [-0.2, -0.15) is 0 Å². The standard InChI is InChI=1S/C14H21N3O2S/c1-10(2)17(9-8-13(15)20)14(18)16-11-6-4-5-7-12(11)19-3/h4-7,10H,8-9H2,1-3H3,(H2,15,20)(H,16,18). The molecule has 0 atom stereocenters. The van der Waals surface area contributed by atoms with E-state index in [-0.39, 0.29) is 12.1 Å². The average Bonchev–Trinajstić information content (AvgIpc) is 2.38. The summed E-state index contributed by atoms with van der Waals surface area (Å²) in [7, 11) is 1.57. The number of rotatable bonds is 6. The van der Waals surface area contributed by atoms with E-state index in [0.29, 0.717) is 29.4 Å². The van der Waals surface area contributed by atoms with Crippen LogP contribution in [-0.4, -0.2) is 35.6 Å². The minimum Gasteiger partial charge on any atom is -0.495 e. The zero-order chi connectivity index (χ0) is 15.1. The third-order valence-electron chi connectivity index (χ3n) is 2.83. The lowest BCUT2D eigenvalue weighted by Gasteiger charge is -2.27. The Kier molecular flexibility index (Phi) is 6.24. The Morgan fingerprint density at radius 1 is 1.45 bits per heavy atom. The number of nitrogens with two attached hydrogens (primary N) is 1. The number of nitrogens with one attached hydrogen (secondary N) is 1. The second-order valence-electron chi connectivity index (χ2n) is 4.63. The number of para-hydroxylation sites is 2. The molecule has 0 bridgehead atoms. The first-order chi connectivity index (χ1) is 9.45. The molecule has 0 saturated carbocycles. The van der Waals surface area contributed by atoms with Crippen molar-refractivity contribution in [3.63, 3.8) is 0 Å². The summed E-state index contributed by atoms with van der Waals surface area (Å²) in [5, 5.41) is 2.84. The lowest BCUT2D eigenvalue weighted by atomic mass is 10.2. The molecule has 0 aliphatic carbocycles. The summed E-state index contributed by atoms with van der Waals surface area (Å²) in [6, 6.07) is 7.14. The molecule has 6 heteroatoms. The van der Waals surface area contributed by atoms with Crippen LogP contribution < -0.4 is 15.8 Å². The Morgan fingerprint density at radius 2 is 2.10 bits per heavy atom. The first-order valence-electron chi connectivity index (χ1n) is 6.44. The number of hydrogen-bond acceptors (Lipinski definition) is 3. The first kappa shape index (κ1) is 16.2. The van der Waals surface area contributed by atoms with Crippen molar-refractivity contribution in [3.8, 4) is 5.75 Å². The highest BCUT2D eigenvalue weighted by atomic mass is 32.1. The molecular weight excluding hydrogens is 274 g/mol. The molecule has 3 N–H and O–H groups in total. The summed E-state index contributed by atoms with van der Waals surface area (Å²) in [4.78, 5) is 14.4. The Balaban J connectivity index is 2.77. The molecule has 20 heavy (non-hydrogen) atoms. The molecule has 5 nitrogen and oxygen atoms in total. The monoisotopic (exact) mass is 295 g/mol. The molecule has 1 rings (SSSR count). The number of nitrogens with zero attached hydrogens (tertiary/aromatic N) is 1. The van der Waals surface area contributed by atoms with Crippen molar-refractivity contribution in [2.24, 2.45) is 5.73 Å². The van der Waals surface area contributed by atoms with E-state index < -0.39 is 0 Å². The lowest BCUT2D eigenvalue weighted by Crippen LogP contribution is -2.41. The van der Waals surface area contributed by atoms with Gasteiger partial charge in [0.25, 0.3) is 0 Å². The maximum Gasteiger partial charge on any atom is 0.322 e. The minimum atomic E-state index is -0.194. The van der Waals surface area contributed by atoms with Crippen LogP contribution in [0.2, 0.25) is 0 Å². The first-order valence-corrected chi connectivity index (χ1v) is 6.85. The van der Waals surface area contributed by atoms with Crippen LogP contribution in [-0.2, 0) is 0 Å². The maximum absolute atomic E-state index is 12.3. The maximum atomic E-state index is 12.3. The number of carbonyl (C=O) groups excluding carboxylic acids is 1. The molecule has 0 fully saturated rings. The van der Waals surface area contributed by atoms with Gasteiger partial charge in [-0.1, -0.05) is 24.4 Å². The van der Waals surface area contributed by atoms with Crippen molar-refractivity contribution in [2.75, 3.05) is 19.0 Å². The van der Waals surface area contributed by atoms with Crippen LogP contribution in [0.15, 0.2) is 24.3 Å². The topological polar surface area (TPSA) is 67.6 Å². The molecule has 0 aromatic heterocycles. The number of hydrogen-bond donors (Lipinski definition) is 2. The van der Waals surface area contributed by atoms with Gasteiger partial charge in [-0.15, -0.1) is 0 Å². The summed E-state index contributed by atoms with van der Waals surface area (Å²) in [6.07, 6.45) is 0.507. The fourth-order valence-corrected chi connectivity index (χ4v) is 1.85. The molecule has 0 saturated heterocycles. The van der Waals surface area contributed by atoms with Crippen LogP contribution in [0, 0.1) is 0 Å². The van der Waals surface area contributed by atoms with E-state index in [0.717, 1.165) is 0 Å². The van der Waals surface area contributed by atoms with E-state index >= 15 is 0 Å². The van der Waals surface area contributed by atoms with Crippen LogP contribution in [0.1, 0.15) is 20.3 Å². The number of ether oxygens (including phenoxy) is 1. The van der Waals surface area contributed by atoms with Gasteiger partial charge >= 0.3 is 6.03 Å². The number of urea groups is 1. The van der Waals surface area contributed by atoms with Gasteiger partial charge in [-0.25, -0.2) is 4.79 Å². The smallest absolute Gasteiger partial charge is 0.322 e. The third kappa shape index (κ3) is 4.70. The lowest BCUT2D eigenvalue weighted by molar-refractivity contribution is 0.199. The predicted octanol–water partition coefficient (Wildman–Crippen LogP) is 2.61. The molecule has 1 aromatic carbocycles. The normalized spacial score (nSPS) is 10.2. The van der Waals surface area contributed by atoms with Crippen molar-refractivity contribution >= 4 is 28.9 Å². The summed E-state index contributed by atoms with van der Waals surface area (Å²) < 4.78 is 5.21. The number of benzene rings is 1. The molecule has 2 amide bonds. The summed E-state index contributed by atoms with van der Waals surface area (Å²) >= 11 is 4.86. The van der Waals surface area contributed by atoms with Gasteiger partial charge in [0.2, 0.25) is 0 Å². The van der Waals surface area contributed by atoms with Crippen molar-refractivity contribution < 1.29 is 9.53 Å². The zero-order valence-corrected chi connectivity index (χ0v) is 12.9. The average molecular weight is 295 g/mol. The van der Waals surface area contributed by atoms with Gasteiger partial charge in [0.15, 0.2) is 0 Å². The van der Waals surface area contributed by atoms with E-state index in [2.05, 4.69) is 5.32 Å². The second kappa shape index (κ2) is 7.69. The van der Waals surface area contributed by atoms with Gasteiger partial charge in [-0.3, -0.25) is 0 Å². The Morgan fingerprint density at radius 3 is 2.65 bits per heavy atom.